The summed E-state index contributed by atoms with van der Waals surface area (Å²) in [6.45, 7) is 13.9. The van der Waals surface area contributed by atoms with E-state index in [-0.39, 0.29) is 5.78 Å². The zero-order chi connectivity index (χ0) is 20.3. The third kappa shape index (κ3) is 7.45. The van der Waals surface area contributed by atoms with Crippen LogP contribution in [0.25, 0.3) is 0 Å². The second-order valence-electron chi connectivity index (χ2n) is 6.53. The van der Waals surface area contributed by atoms with E-state index in [1.54, 1.807) is 18.2 Å². The Labute approximate surface area is 169 Å². The van der Waals surface area contributed by atoms with Crippen molar-refractivity contribution in [3.05, 3.63) is 71.8 Å². The van der Waals surface area contributed by atoms with Crippen molar-refractivity contribution >= 4 is 17.4 Å². The van der Waals surface area contributed by atoms with E-state index in [9.17, 15) is 9.90 Å². The standard InChI is InChI=1S/C21H26ClNO2.C2H6/c1-3-4-6-17(2)20(24)7-5-14-23-15-12-21(25,13-16-23)18-8-10-19(22)11-9-18;1-2/h3-4,6,8-11,25H,1-2,5,7,12-16H2;1-2H3/b6-4-;. The molecule has 1 fully saturated rings. The molecule has 0 amide bonds. The Morgan fingerprint density at radius 1 is 1.26 bits per heavy atom. The topological polar surface area (TPSA) is 40.5 Å². The third-order valence-electron chi connectivity index (χ3n) is 4.73. The number of likely N-dealkylation sites (tertiary alicyclic amines) is 1. The van der Waals surface area contributed by atoms with Gasteiger partial charge in [-0.05, 0) is 43.5 Å². The average Bonchev–Trinajstić information content (AvgIpc) is 2.69. The Balaban J connectivity index is 0.00000176. The lowest BCUT2D eigenvalue weighted by Gasteiger charge is -2.38. The van der Waals surface area contributed by atoms with Crippen molar-refractivity contribution in [2.45, 2.75) is 45.1 Å². The molecule has 1 heterocycles. The van der Waals surface area contributed by atoms with Gasteiger partial charge < -0.3 is 10.0 Å². The molecule has 27 heavy (non-hydrogen) atoms. The molecule has 1 aromatic rings. The molecule has 0 aromatic heterocycles. The minimum Gasteiger partial charge on any atom is -0.385 e. The number of carbonyl (C=O) groups is 1. The molecule has 1 aromatic carbocycles. The van der Waals surface area contributed by atoms with Gasteiger partial charge in [0.2, 0.25) is 0 Å². The van der Waals surface area contributed by atoms with Crippen molar-refractivity contribution in [2.24, 2.45) is 0 Å². The molecule has 0 unspecified atom stereocenters. The molecule has 0 saturated carbocycles. The largest absolute Gasteiger partial charge is 0.385 e. The van der Waals surface area contributed by atoms with Gasteiger partial charge in [-0.15, -0.1) is 0 Å². The number of hydrogen-bond donors (Lipinski definition) is 1. The van der Waals surface area contributed by atoms with Crippen LogP contribution in [0.2, 0.25) is 5.02 Å². The summed E-state index contributed by atoms with van der Waals surface area (Å²) in [5, 5.41) is 11.5. The van der Waals surface area contributed by atoms with Crippen molar-refractivity contribution in [1.29, 1.82) is 0 Å². The summed E-state index contributed by atoms with van der Waals surface area (Å²) < 4.78 is 0. The number of aliphatic hydroxyl groups is 1. The first-order chi connectivity index (χ1) is 12.9. The van der Waals surface area contributed by atoms with E-state index in [4.69, 9.17) is 11.6 Å². The number of hydrogen-bond acceptors (Lipinski definition) is 3. The summed E-state index contributed by atoms with van der Waals surface area (Å²) in [5.41, 5.74) is 0.674. The van der Waals surface area contributed by atoms with Crippen LogP contribution in [0.1, 0.15) is 45.1 Å². The number of halogens is 1. The minimum absolute atomic E-state index is 0.0766. The van der Waals surface area contributed by atoms with Crippen LogP contribution in [0.3, 0.4) is 0 Å². The van der Waals surface area contributed by atoms with Crippen LogP contribution in [0.15, 0.2) is 61.2 Å². The molecule has 3 nitrogen and oxygen atoms in total. The van der Waals surface area contributed by atoms with Crippen LogP contribution in [0.5, 0.6) is 0 Å². The second kappa shape index (κ2) is 11.9. The highest BCUT2D eigenvalue weighted by Crippen LogP contribution is 2.33. The molecular weight excluding hydrogens is 358 g/mol. The molecule has 1 saturated heterocycles. The molecule has 0 spiro atoms. The van der Waals surface area contributed by atoms with Gasteiger partial charge in [0.15, 0.2) is 5.78 Å². The zero-order valence-corrected chi connectivity index (χ0v) is 17.3. The first-order valence-corrected chi connectivity index (χ1v) is 10.0. The Kier molecular flexibility index (Phi) is 10.3. The quantitative estimate of drug-likeness (QED) is 0.484. The number of carbonyl (C=O) groups excluding carboxylic acids is 1. The van der Waals surface area contributed by atoms with Crippen LogP contribution >= 0.6 is 11.6 Å². The minimum atomic E-state index is -0.777. The highest BCUT2D eigenvalue weighted by atomic mass is 35.5. The van der Waals surface area contributed by atoms with Crippen LogP contribution in [-0.4, -0.2) is 35.4 Å². The van der Waals surface area contributed by atoms with Gasteiger partial charge in [-0.1, -0.05) is 69.0 Å². The molecule has 0 aliphatic carbocycles. The number of allylic oxidation sites excluding steroid dienone is 4. The van der Waals surface area contributed by atoms with E-state index in [1.807, 2.05) is 38.1 Å². The van der Waals surface area contributed by atoms with E-state index in [0.717, 1.165) is 31.6 Å². The SMILES string of the molecule is C=C/C=C\C(=C)C(=O)CCCN1CCC(O)(c2ccc(Cl)cc2)CC1.CC. The summed E-state index contributed by atoms with van der Waals surface area (Å²) in [6.07, 6.45) is 7.74. The van der Waals surface area contributed by atoms with Gasteiger partial charge in [-0.2, -0.15) is 0 Å². The molecule has 0 bridgehead atoms. The van der Waals surface area contributed by atoms with E-state index < -0.39 is 5.60 Å². The number of piperidine rings is 1. The van der Waals surface area contributed by atoms with Crippen molar-refractivity contribution in [3.63, 3.8) is 0 Å². The van der Waals surface area contributed by atoms with Crippen molar-refractivity contribution in [2.75, 3.05) is 19.6 Å². The number of ketones is 1. The fourth-order valence-corrected chi connectivity index (χ4v) is 3.22. The van der Waals surface area contributed by atoms with Gasteiger partial charge >= 0.3 is 0 Å². The number of Topliss-reactive ketones (excluding diaryl/α,β-unsaturated/α-hetero) is 1. The van der Waals surface area contributed by atoms with Crippen LogP contribution < -0.4 is 0 Å². The second-order valence-corrected chi connectivity index (χ2v) is 6.96. The zero-order valence-electron chi connectivity index (χ0n) is 16.6. The number of benzene rings is 1. The molecule has 1 aliphatic rings. The number of rotatable bonds is 8. The normalized spacial score (nSPS) is 16.4. The first-order valence-electron chi connectivity index (χ1n) is 9.66. The van der Waals surface area contributed by atoms with Crippen molar-refractivity contribution in [3.8, 4) is 0 Å². The molecule has 4 heteroatoms. The summed E-state index contributed by atoms with van der Waals surface area (Å²) in [6, 6.07) is 7.44. The van der Waals surface area contributed by atoms with Gasteiger partial charge in [-0.3, -0.25) is 4.79 Å². The van der Waals surface area contributed by atoms with E-state index in [2.05, 4.69) is 18.1 Å². The Bertz CT molecular complexity index is 641. The lowest BCUT2D eigenvalue weighted by Crippen LogP contribution is -2.42. The van der Waals surface area contributed by atoms with E-state index in [1.165, 1.54) is 0 Å². The molecule has 1 aliphatic heterocycles. The number of nitrogens with zero attached hydrogens (tertiary/aromatic N) is 1. The Morgan fingerprint density at radius 2 is 1.85 bits per heavy atom. The smallest absolute Gasteiger partial charge is 0.162 e. The molecule has 148 valence electrons. The lowest BCUT2D eigenvalue weighted by molar-refractivity contribution is -0.115. The third-order valence-corrected chi connectivity index (χ3v) is 4.99. The summed E-state index contributed by atoms with van der Waals surface area (Å²) in [4.78, 5) is 14.3. The Morgan fingerprint density at radius 3 is 2.41 bits per heavy atom. The van der Waals surface area contributed by atoms with Crippen LogP contribution in [-0.2, 0) is 10.4 Å². The Hall–Kier alpha value is -1.68. The van der Waals surface area contributed by atoms with Crippen LogP contribution in [0, 0.1) is 0 Å². The van der Waals surface area contributed by atoms with Gasteiger partial charge in [0.05, 0.1) is 5.60 Å². The van der Waals surface area contributed by atoms with Crippen molar-refractivity contribution < 1.29 is 9.90 Å². The highest BCUT2D eigenvalue weighted by molar-refractivity contribution is 6.30. The maximum absolute atomic E-state index is 12.0. The van der Waals surface area contributed by atoms with Gasteiger partial charge in [0, 0.05) is 30.1 Å². The summed E-state index contributed by atoms with van der Waals surface area (Å²) in [7, 11) is 0. The van der Waals surface area contributed by atoms with E-state index in [0.29, 0.717) is 29.9 Å². The highest BCUT2D eigenvalue weighted by Gasteiger charge is 2.33. The lowest BCUT2D eigenvalue weighted by atomic mass is 9.84. The van der Waals surface area contributed by atoms with Gasteiger partial charge in [-0.25, -0.2) is 0 Å². The predicted octanol–water partition coefficient (Wildman–Crippen LogP) is 5.30. The summed E-state index contributed by atoms with van der Waals surface area (Å²) >= 11 is 5.92. The maximum atomic E-state index is 12.0. The molecular formula is C23H32ClNO2. The molecule has 2 rings (SSSR count). The molecule has 0 radical (unpaired) electrons. The average molecular weight is 390 g/mol. The van der Waals surface area contributed by atoms with Gasteiger partial charge in [0.1, 0.15) is 0 Å². The molecule has 0 atom stereocenters. The van der Waals surface area contributed by atoms with Gasteiger partial charge in [0.25, 0.3) is 0 Å². The molecule has 1 N–H and O–H groups in total. The monoisotopic (exact) mass is 389 g/mol. The fourth-order valence-electron chi connectivity index (χ4n) is 3.10. The van der Waals surface area contributed by atoms with E-state index >= 15 is 0 Å². The summed E-state index contributed by atoms with van der Waals surface area (Å²) in [5.74, 6) is 0.0766. The fraction of sp³-hybridized carbons (Fsp3) is 0.435. The van der Waals surface area contributed by atoms with Crippen molar-refractivity contribution in [1.82, 2.24) is 4.90 Å². The predicted molar refractivity (Wildman–Crippen MR) is 115 cm³/mol. The van der Waals surface area contributed by atoms with Crippen LogP contribution in [0.4, 0.5) is 0 Å². The maximum Gasteiger partial charge on any atom is 0.162 e. The first kappa shape index (κ1) is 23.4.